The number of anilines is 2. The summed E-state index contributed by atoms with van der Waals surface area (Å²) in [6.07, 6.45) is 2.77. The molecule has 5 nitrogen and oxygen atoms in total. The van der Waals surface area contributed by atoms with Crippen LogP contribution in [0.15, 0.2) is 66.7 Å². The first-order chi connectivity index (χ1) is 15.1. The normalized spacial score (nSPS) is 14.6. The van der Waals surface area contributed by atoms with Gasteiger partial charge in [-0.05, 0) is 72.0 Å². The van der Waals surface area contributed by atoms with Crippen LogP contribution < -0.4 is 16.0 Å². The summed E-state index contributed by atoms with van der Waals surface area (Å²) >= 11 is 0. The van der Waals surface area contributed by atoms with Crippen molar-refractivity contribution in [3.63, 3.8) is 0 Å². The molecule has 0 radical (unpaired) electrons. The number of hydrogen-bond acceptors (Lipinski definition) is 4. The molecule has 0 bridgehead atoms. The van der Waals surface area contributed by atoms with Crippen LogP contribution in [0.25, 0.3) is 11.1 Å². The van der Waals surface area contributed by atoms with Crippen LogP contribution in [-0.2, 0) is 24.2 Å². The summed E-state index contributed by atoms with van der Waals surface area (Å²) in [4.78, 5) is 10.4. The van der Waals surface area contributed by atoms with Crippen molar-refractivity contribution in [2.24, 2.45) is 0 Å². The summed E-state index contributed by atoms with van der Waals surface area (Å²) in [6, 6.07) is 23.0. The van der Waals surface area contributed by atoms with Crippen LogP contribution in [-0.4, -0.2) is 31.7 Å². The zero-order chi connectivity index (χ0) is 22.1. The Morgan fingerprint density at radius 3 is 2.48 bits per heavy atom. The van der Waals surface area contributed by atoms with E-state index in [1.54, 1.807) is 0 Å². The molecular formula is C26H31N3O2. The maximum atomic E-state index is 10.4. The number of benzene rings is 3. The van der Waals surface area contributed by atoms with E-state index in [1.165, 1.54) is 22.3 Å². The van der Waals surface area contributed by atoms with Gasteiger partial charge in [0.25, 0.3) is 0 Å². The van der Waals surface area contributed by atoms with E-state index in [2.05, 4.69) is 70.5 Å². The smallest absolute Gasteiger partial charge is 0.211 e. The van der Waals surface area contributed by atoms with E-state index in [0.29, 0.717) is 12.8 Å². The summed E-state index contributed by atoms with van der Waals surface area (Å²) in [7, 11) is 3.90. The van der Waals surface area contributed by atoms with Crippen LogP contribution in [0.4, 0.5) is 11.4 Å². The monoisotopic (exact) mass is 417 g/mol. The summed E-state index contributed by atoms with van der Waals surface area (Å²) in [5.41, 5.74) is 8.11. The van der Waals surface area contributed by atoms with Gasteiger partial charge >= 0.3 is 0 Å². The SMILES string of the molecule is CNCc1cccc(-c2ccc(NC)cc2)c1.O=CNc1cccc2c1CC(O)CC2. The standard InChI is InChI=1S/C15H18N2.C11H13NO2/c1-16-11-12-4-3-5-14(10-12)13-6-8-15(17-2)9-7-13;13-7-12-11-3-1-2-8-4-5-9(14)6-10(8)11/h3-10,16-17H,11H2,1-2H3;1-3,7,9,14H,4-6H2,(H,12,13). The molecular weight excluding hydrogens is 386 g/mol. The lowest BCUT2D eigenvalue weighted by Gasteiger charge is -2.22. The number of rotatable bonds is 6. The highest BCUT2D eigenvalue weighted by Crippen LogP contribution is 2.27. The van der Waals surface area contributed by atoms with Gasteiger partial charge < -0.3 is 21.1 Å². The van der Waals surface area contributed by atoms with Crippen molar-refractivity contribution in [1.29, 1.82) is 0 Å². The van der Waals surface area contributed by atoms with E-state index in [9.17, 15) is 9.90 Å². The highest BCUT2D eigenvalue weighted by molar-refractivity contribution is 5.74. The number of carbonyl (C=O) groups is 1. The number of nitrogens with one attached hydrogen (secondary N) is 3. The average Bonchev–Trinajstić information content (AvgIpc) is 2.81. The predicted molar refractivity (Wildman–Crippen MR) is 128 cm³/mol. The summed E-state index contributed by atoms with van der Waals surface area (Å²) in [5, 5.41) is 18.5. The van der Waals surface area contributed by atoms with Crippen molar-refractivity contribution in [2.45, 2.75) is 31.9 Å². The Kier molecular flexibility index (Phi) is 8.21. The van der Waals surface area contributed by atoms with Crippen molar-refractivity contribution in [3.05, 3.63) is 83.4 Å². The molecule has 0 aromatic heterocycles. The molecule has 4 N–H and O–H groups in total. The number of hydrogen-bond donors (Lipinski definition) is 4. The van der Waals surface area contributed by atoms with Crippen LogP contribution in [0.2, 0.25) is 0 Å². The van der Waals surface area contributed by atoms with E-state index in [0.717, 1.165) is 36.3 Å². The molecule has 0 saturated carbocycles. The summed E-state index contributed by atoms with van der Waals surface area (Å²) < 4.78 is 0. The number of carbonyl (C=O) groups excluding carboxylic acids is 1. The molecule has 1 atom stereocenters. The Hall–Kier alpha value is -3.15. The zero-order valence-corrected chi connectivity index (χ0v) is 18.2. The maximum Gasteiger partial charge on any atom is 0.211 e. The van der Waals surface area contributed by atoms with Crippen LogP contribution >= 0.6 is 0 Å². The Bertz CT molecular complexity index is 986. The Morgan fingerprint density at radius 2 is 1.77 bits per heavy atom. The van der Waals surface area contributed by atoms with Gasteiger partial charge in [0, 0.05) is 31.4 Å². The predicted octanol–water partition coefficient (Wildman–Crippen LogP) is 4.22. The maximum absolute atomic E-state index is 10.4. The highest BCUT2D eigenvalue weighted by Gasteiger charge is 2.18. The molecule has 0 fully saturated rings. The Balaban J connectivity index is 0.000000179. The Morgan fingerprint density at radius 1 is 1.00 bits per heavy atom. The van der Waals surface area contributed by atoms with Crippen LogP contribution in [0.5, 0.6) is 0 Å². The van der Waals surface area contributed by atoms with Gasteiger partial charge in [0.05, 0.1) is 6.10 Å². The molecule has 0 saturated heterocycles. The minimum Gasteiger partial charge on any atom is -0.393 e. The van der Waals surface area contributed by atoms with Crippen LogP contribution in [0.3, 0.4) is 0 Å². The second kappa shape index (κ2) is 11.3. The second-order valence-corrected chi connectivity index (χ2v) is 7.66. The third-order valence-electron chi connectivity index (χ3n) is 5.49. The first-order valence-electron chi connectivity index (χ1n) is 10.7. The summed E-state index contributed by atoms with van der Waals surface area (Å²) in [5.74, 6) is 0. The molecule has 1 amide bonds. The third-order valence-corrected chi connectivity index (χ3v) is 5.49. The van der Waals surface area contributed by atoms with Gasteiger partial charge in [-0.2, -0.15) is 0 Å². The van der Waals surface area contributed by atoms with E-state index in [-0.39, 0.29) is 6.10 Å². The molecule has 162 valence electrons. The molecule has 0 heterocycles. The largest absolute Gasteiger partial charge is 0.393 e. The molecule has 1 aliphatic carbocycles. The molecule has 4 rings (SSSR count). The second-order valence-electron chi connectivity index (χ2n) is 7.66. The fraction of sp³-hybridized carbons (Fsp3) is 0.269. The van der Waals surface area contributed by atoms with Gasteiger partial charge in [-0.1, -0.05) is 42.5 Å². The average molecular weight is 418 g/mol. The zero-order valence-electron chi connectivity index (χ0n) is 18.2. The molecule has 5 heteroatoms. The number of amides is 1. The molecule has 3 aromatic rings. The summed E-state index contributed by atoms with van der Waals surface area (Å²) in [6.45, 7) is 0.905. The van der Waals surface area contributed by atoms with Crippen LogP contribution in [0.1, 0.15) is 23.1 Å². The first-order valence-corrected chi connectivity index (χ1v) is 10.7. The Labute approximate surface area is 184 Å². The first kappa shape index (κ1) is 22.5. The lowest BCUT2D eigenvalue weighted by molar-refractivity contribution is -0.105. The molecule has 1 unspecified atom stereocenters. The molecule has 3 aromatic carbocycles. The van der Waals surface area contributed by atoms with Gasteiger partial charge in [-0.25, -0.2) is 0 Å². The fourth-order valence-electron chi connectivity index (χ4n) is 3.86. The minimum atomic E-state index is -0.267. The molecule has 1 aliphatic rings. The van der Waals surface area contributed by atoms with E-state index in [4.69, 9.17) is 0 Å². The van der Waals surface area contributed by atoms with Crippen molar-refractivity contribution in [3.8, 4) is 11.1 Å². The minimum absolute atomic E-state index is 0.267. The lowest BCUT2D eigenvalue weighted by atomic mass is 9.89. The van der Waals surface area contributed by atoms with Gasteiger partial charge in [0.15, 0.2) is 0 Å². The van der Waals surface area contributed by atoms with Gasteiger partial charge in [-0.15, -0.1) is 0 Å². The van der Waals surface area contributed by atoms with Crippen molar-refractivity contribution < 1.29 is 9.90 Å². The fourth-order valence-corrected chi connectivity index (χ4v) is 3.86. The molecule has 0 aliphatic heterocycles. The third kappa shape index (κ3) is 6.17. The van der Waals surface area contributed by atoms with Gasteiger partial charge in [0.2, 0.25) is 6.41 Å². The van der Waals surface area contributed by atoms with Crippen molar-refractivity contribution in [2.75, 3.05) is 24.7 Å². The topological polar surface area (TPSA) is 73.4 Å². The van der Waals surface area contributed by atoms with Gasteiger partial charge in [0.1, 0.15) is 0 Å². The molecule has 0 spiro atoms. The van der Waals surface area contributed by atoms with E-state index >= 15 is 0 Å². The number of aliphatic hydroxyl groups is 1. The van der Waals surface area contributed by atoms with E-state index < -0.39 is 0 Å². The van der Waals surface area contributed by atoms with Crippen LogP contribution in [0, 0.1) is 0 Å². The van der Waals surface area contributed by atoms with E-state index in [1.807, 2.05) is 26.2 Å². The van der Waals surface area contributed by atoms with Crippen molar-refractivity contribution in [1.82, 2.24) is 5.32 Å². The lowest BCUT2D eigenvalue weighted by Crippen LogP contribution is -2.19. The number of fused-ring (bicyclic) bond motifs is 1. The van der Waals surface area contributed by atoms with Crippen molar-refractivity contribution >= 4 is 17.8 Å². The number of aliphatic hydroxyl groups excluding tert-OH is 1. The quantitative estimate of drug-likeness (QED) is 0.453. The molecule has 31 heavy (non-hydrogen) atoms. The highest BCUT2D eigenvalue weighted by atomic mass is 16.3. The number of aryl methyl sites for hydroxylation is 1. The van der Waals surface area contributed by atoms with Gasteiger partial charge in [-0.3, -0.25) is 4.79 Å².